The fraction of sp³-hybridized carbons (Fsp3) is 0.600. The summed E-state index contributed by atoms with van der Waals surface area (Å²) >= 11 is 0. The molecule has 1 N–H and O–H groups in total. The van der Waals surface area contributed by atoms with Gasteiger partial charge in [0.05, 0.1) is 0 Å². The summed E-state index contributed by atoms with van der Waals surface area (Å²) in [6.45, 7) is 0. The Hall–Kier alpha value is -0.980. The van der Waals surface area contributed by atoms with Crippen LogP contribution in [0.15, 0.2) is 36.7 Å². The summed E-state index contributed by atoms with van der Waals surface area (Å²) in [5.74, 6) is 0. The van der Waals surface area contributed by atoms with Crippen molar-refractivity contribution in [1.29, 1.82) is 0 Å². The van der Waals surface area contributed by atoms with Crippen molar-refractivity contribution < 1.29 is 0 Å². The number of hydrogen-bond donors (Lipinski definition) is 1. The molecule has 1 aliphatic heterocycles. The summed E-state index contributed by atoms with van der Waals surface area (Å²) < 4.78 is 0. The summed E-state index contributed by atoms with van der Waals surface area (Å²) in [6.07, 6.45) is 25.1. The minimum Gasteiger partial charge on any atom is -0.368 e. The molecule has 0 bridgehead atoms. The van der Waals surface area contributed by atoms with Gasteiger partial charge >= 0.3 is 0 Å². The van der Waals surface area contributed by atoms with Gasteiger partial charge in [0.2, 0.25) is 0 Å². The van der Waals surface area contributed by atoms with Crippen LogP contribution in [0, 0.1) is 0 Å². The first kappa shape index (κ1) is 13.1. The third-order valence-corrected chi connectivity index (χ3v) is 2.97. The Morgan fingerprint density at radius 3 is 1.06 bits per heavy atom. The van der Waals surface area contributed by atoms with E-state index in [-0.39, 0.29) is 0 Å². The maximum atomic E-state index is 2.92. The summed E-state index contributed by atoms with van der Waals surface area (Å²) in [4.78, 5) is 0. The van der Waals surface area contributed by atoms with E-state index in [9.17, 15) is 0 Å². The molecule has 0 atom stereocenters. The number of rotatable bonds is 0. The Bertz CT molecular complexity index is 183. The Morgan fingerprint density at radius 2 is 0.750 bits per heavy atom. The van der Waals surface area contributed by atoms with Crippen LogP contribution in [0.3, 0.4) is 0 Å². The van der Waals surface area contributed by atoms with Crippen LogP contribution in [-0.4, -0.2) is 0 Å². The number of hydrogen-bond acceptors (Lipinski definition) is 1. The zero-order chi connectivity index (χ0) is 11.3. The smallest absolute Gasteiger partial charge is 0.000442 e. The summed E-state index contributed by atoms with van der Waals surface area (Å²) in [5, 5.41) is 2.92. The van der Waals surface area contributed by atoms with Gasteiger partial charge in [0.15, 0.2) is 0 Å². The molecule has 0 aromatic heterocycles. The van der Waals surface area contributed by atoms with E-state index in [0.717, 1.165) is 0 Å². The fourth-order valence-electron chi connectivity index (χ4n) is 2.00. The third-order valence-electron chi connectivity index (χ3n) is 2.97. The van der Waals surface area contributed by atoms with E-state index in [0.29, 0.717) is 0 Å². The van der Waals surface area contributed by atoms with E-state index in [4.69, 9.17) is 0 Å². The third kappa shape index (κ3) is 8.34. The second-order valence-electron chi connectivity index (χ2n) is 4.45. The standard InChI is InChI=1S/C9H18.C6H7N/c1-2-4-6-8-9-7-5-3-1;1-2-4-6-7-5-3-1/h1-9H2;1-7H. The normalized spacial score (nSPS) is 20.5. The van der Waals surface area contributed by atoms with E-state index in [1.54, 1.807) is 0 Å². The fourth-order valence-corrected chi connectivity index (χ4v) is 2.00. The monoisotopic (exact) mass is 219 g/mol. The van der Waals surface area contributed by atoms with Crippen molar-refractivity contribution in [2.75, 3.05) is 0 Å². The summed E-state index contributed by atoms with van der Waals surface area (Å²) in [5.41, 5.74) is 0. The molecule has 0 saturated heterocycles. The van der Waals surface area contributed by atoms with Crippen molar-refractivity contribution in [2.24, 2.45) is 0 Å². The van der Waals surface area contributed by atoms with E-state index < -0.39 is 0 Å². The molecule has 1 heteroatoms. The molecule has 90 valence electrons. The molecule has 1 saturated carbocycles. The van der Waals surface area contributed by atoms with E-state index in [2.05, 4.69) is 5.32 Å². The van der Waals surface area contributed by atoms with Crippen LogP contribution in [0.4, 0.5) is 0 Å². The average molecular weight is 219 g/mol. The molecular formula is C15H25N. The molecule has 16 heavy (non-hydrogen) atoms. The quantitative estimate of drug-likeness (QED) is 0.623. The van der Waals surface area contributed by atoms with Crippen LogP contribution in [0.2, 0.25) is 0 Å². The molecule has 2 rings (SSSR count). The summed E-state index contributed by atoms with van der Waals surface area (Å²) in [6, 6.07) is 0. The molecule has 0 spiro atoms. The van der Waals surface area contributed by atoms with Crippen LogP contribution in [0.5, 0.6) is 0 Å². The van der Waals surface area contributed by atoms with Gasteiger partial charge in [0, 0.05) is 12.4 Å². The van der Waals surface area contributed by atoms with Gasteiger partial charge in [0.1, 0.15) is 0 Å². The van der Waals surface area contributed by atoms with Crippen molar-refractivity contribution in [1.82, 2.24) is 5.32 Å². The molecule has 1 fully saturated rings. The molecule has 0 unspecified atom stereocenters. The Balaban J connectivity index is 0.000000165. The van der Waals surface area contributed by atoms with Crippen molar-refractivity contribution in [3.05, 3.63) is 36.7 Å². The molecule has 1 nitrogen and oxygen atoms in total. The molecule has 0 aromatic carbocycles. The maximum Gasteiger partial charge on any atom is 0.000442 e. The number of nitrogens with one attached hydrogen (secondary N) is 1. The van der Waals surface area contributed by atoms with Gasteiger partial charge in [-0.3, -0.25) is 0 Å². The molecule has 2 aliphatic rings. The second-order valence-corrected chi connectivity index (χ2v) is 4.45. The maximum absolute atomic E-state index is 2.92. The minimum atomic E-state index is 1.50. The topological polar surface area (TPSA) is 12.0 Å². The highest BCUT2D eigenvalue weighted by Crippen LogP contribution is 2.15. The Morgan fingerprint density at radius 1 is 0.438 bits per heavy atom. The van der Waals surface area contributed by atoms with Gasteiger partial charge in [-0.2, -0.15) is 0 Å². The van der Waals surface area contributed by atoms with Gasteiger partial charge in [-0.15, -0.1) is 0 Å². The van der Waals surface area contributed by atoms with Crippen LogP contribution in [0.25, 0.3) is 0 Å². The first-order valence-electron chi connectivity index (χ1n) is 6.74. The minimum absolute atomic E-state index is 1.50. The Labute approximate surface area is 100 Å². The van der Waals surface area contributed by atoms with E-state index in [1.807, 2.05) is 36.7 Å². The number of allylic oxidation sites excluding steroid dienone is 4. The molecule has 0 aromatic rings. The zero-order valence-electron chi connectivity index (χ0n) is 10.3. The van der Waals surface area contributed by atoms with Crippen LogP contribution < -0.4 is 5.32 Å². The van der Waals surface area contributed by atoms with Gasteiger partial charge < -0.3 is 5.32 Å². The highest BCUT2D eigenvalue weighted by molar-refractivity contribution is 5.14. The molecule has 0 radical (unpaired) electrons. The van der Waals surface area contributed by atoms with Crippen molar-refractivity contribution in [3.63, 3.8) is 0 Å². The first-order chi connectivity index (χ1) is 8.00. The van der Waals surface area contributed by atoms with Crippen molar-refractivity contribution >= 4 is 0 Å². The van der Waals surface area contributed by atoms with Crippen LogP contribution in [-0.2, 0) is 0 Å². The van der Waals surface area contributed by atoms with Gasteiger partial charge in [-0.25, -0.2) is 0 Å². The summed E-state index contributed by atoms with van der Waals surface area (Å²) in [7, 11) is 0. The van der Waals surface area contributed by atoms with E-state index in [1.165, 1.54) is 57.8 Å². The predicted molar refractivity (Wildman–Crippen MR) is 72.1 cm³/mol. The van der Waals surface area contributed by atoms with Gasteiger partial charge in [0.25, 0.3) is 0 Å². The second kappa shape index (κ2) is 10.5. The lowest BCUT2D eigenvalue weighted by Gasteiger charge is -1.93. The Kier molecular flexibility index (Phi) is 8.62. The van der Waals surface area contributed by atoms with Crippen LogP contribution >= 0.6 is 0 Å². The highest BCUT2D eigenvalue weighted by atomic mass is 14.8. The van der Waals surface area contributed by atoms with Crippen molar-refractivity contribution in [3.8, 4) is 0 Å². The zero-order valence-corrected chi connectivity index (χ0v) is 10.3. The molecule has 0 amide bonds. The lowest BCUT2D eigenvalue weighted by Crippen LogP contribution is -1.87. The predicted octanol–water partition coefficient (Wildman–Crippen LogP) is 4.68. The van der Waals surface area contributed by atoms with Crippen LogP contribution in [0.1, 0.15) is 57.8 Å². The molecule has 1 heterocycles. The first-order valence-corrected chi connectivity index (χ1v) is 6.74. The van der Waals surface area contributed by atoms with E-state index >= 15 is 0 Å². The van der Waals surface area contributed by atoms with Crippen molar-refractivity contribution in [2.45, 2.75) is 57.8 Å². The SMILES string of the molecule is C1=CC=CNC=C1.C1CCCCCCCC1. The van der Waals surface area contributed by atoms with Gasteiger partial charge in [-0.1, -0.05) is 69.9 Å². The molecular weight excluding hydrogens is 194 g/mol. The highest BCUT2D eigenvalue weighted by Gasteiger charge is 1.95. The lowest BCUT2D eigenvalue weighted by atomic mass is 10.1. The lowest BCUT2D eigenvalue weighted by molar-refractivity contribution is 0.624. The largest absolute Gasteiger partial charge is 0.368 e. The van der Waals surface area contributed by atoms with Gasteiger partial charge in [-0.05, 0) is 12.2 Å². The average Bonchev–Trinajstić information content (AvgIpc) is 2.53. The molecule has 1 aliphatic carbocycles.